The van der Waals surface area contributed by atoms with Crippen molar-refractivity contribution >= 4 is 22.6 Å². The van der Waals surface area contributed by atoms with Crippen LogP contribution in [0.15, 0.2) is 25.8 Å². The van der Waals surface area contributed by atoms with Gasteiger partial charge >= 0.3 is 0 Å². The minimum absolute atomic E-state index is 0. The summed E-state index contributed by atoms with van der Waals surface area (Å²) in [4.78, 5) is 1.97. The van der Waals surface area contributed by atoms with Crippen LogP contribution in [-0.2, 0) is 0 Å². The molecule has 0 fully saturated rings. The first-order valence-corrected chi connectivity index (χ1v) is 5.77. The van der Waals surface area contributed by atoms with E-state index in [0.717, 1.165) is 0 Å². The largest absolute Gasteiger partial charge is 0.412 e. The molecule has 0 aromatic rings. The first-order valence-electron chi connectivity index (χ1n) is 3.61. The second-order valence-electron chi connectivity index (χ2n) is 0.339. The van der Waals surface area contributed by atoms with E-state index in [1.807, 2.05) is 32.6 Å². The smallest absolute Gasteiger partial charge is 0.263 e. The minimum atomic E-state index is -1.83. The second-order valence-corrected chi connectivity index (χ2v) is 0.339. The summed E-state index contributed by atoms with van der Waals surface area (Å²) in [7, 11) is 0. The molecule has 0 bridgehead atoms. The lowest BCUT2D eigenvalue weighted by Gasteiger charge is -1.54. The summed E-state index contributed by atoms with van der Waals surface area (Å²) in [5, 5.41) is 0. The van der Waals surface area contributed by atoms with Gasteiger partial charge in [0, 0.05) is 0 Å². The lowest BCUT2D eigenvalue weighted by molar-refractivity contribution is 0.426. The van der Waals surface area contributed by atoms with Gasteiger partial charge in [0.05, 0.1) is 0 Å². The zero-order chi connectivity index (χ0) is 11.6. The Labute approximate surface area is 95.4 Å². The number of halogens is 3. The Morgan fingerprint density at radius 3 is 0.923 bits per heavy atom. The van der Waals surface area contributed by atoms with Crippen molar-refractivity contribution in [2.45, 2.75) is 27.7 Å². The number of alkyl halides is 1. The van der Waals surface area contributed by atoms with Gasteiger partial charge in [0.2, 0.25) is 0 Å². The van der Waals surface area contributed by atoms with Crippen molar-refractivity contribution in [3.63, 3.8) is 0 Å². The van der Waals surface area contributed by atoms with Gasteiger partial charge in [-0.2, -0.15) is 8.78 Å². The van der Waals surface area contributed by atoms with E-state index < -0.39 is 6.08 Å². The average molecular weight is 312 g/mol. The van der Waals surface area contributed by atoms with E-state index in [9.17, 15) is 8.78 Å². The van der Waals surface area contributed by atoms with Crippen LogP contribution in [0.1, 0.15) is 27.7 Å². The highest BCUT2D eigenvalue weighted by molar-refractivity contribution is 14.1. The Morgan fingerprint density at radius 2 is 0.923 bits per heavy atom. The standard InChI is InChI=1S/C2H2F2.2C2H6.C2H4.CH3I.H2O/c1-2(3)4;4*1-2;/h1H2;2*1-2H3;1-2H2;1H3;1H2. The zero-order valence-electron chi connectivity index (χ0n) is 9.26. The van der Waals surface area contributed by atoms with Crippen molar-refractivity contribution in [3.8, 4) is 0 Å². The van der Waals surface area contributed by atoms with E-state index in [0.29, 0.717) is 0 Å². The van der Waals surface area contributed by atoms with E-state index in [1.54, 1.807) is 0 Å². The van der Waals surface area contributed by atoms with E-state index in [2.05, 4.69) is 42.3 Å². The maximum absolute atomic E-state index is 10.1. The summed E-state index contributed by atoms with van der Waals surface area (Å²) >= 11 is 2.15. The van der Waals surface area contributed by atoms with Gasteiger partial charge in [0.15, 0.2) is 0 Å². The molecular formula is C9H23F2IO. The van der Waals surface area contributed by atoms with Gasteiger partial charge in [-0.15, -0.1) is 13.2 Å². The molecule has 0 aliphatic rings. The van der Waals surface area contributed by atoms with Gasteiger partial charge in [-0.3, -0.25) is 0 Å². The molecule has 0 atom stereocenters. The molecule has 0 amide bonds. The van der Waals surface area contributed by atoms with Crippen LogP contribution in [0, 0.1) is 0 Å². The fourth-order valence-electron chi connectivity index (χ4n) is 0. The predicted molar refractivity (Wildman–Crippen MR) is 68.9 cm³/mol. The van der Waals surface area contributed by atoms with Crippen molar-refractivity contribution in [3.05, 3.63) is 25.8 Å². The molecule has 4 heteroatoms. The van der Waals surface area contributed by atoms with Crippen LogP contribution in [0.2, 0.25) is 0 Å². The Kier molecular flexibility index (Phi) is 468. The molecule has 0 radical (unpaired) electrons. The van der Waals surface area contributed by atoms with Crippen LogP contribution >= 0.6 is 22.6 Å². The first kappa shape index (κ1) is 38.2. The van der Waals surface area contributed by atoms with Crippen LogP contribution in [0.4, 0.5) is 8.78 Å². The van der Waals surface area contributed by atoms with Gasteiger partial charge in [0.25, 0.3) is 6.08 Å². The third-order valence-corrected chi connectivity index (χ3v) is 0. The molecule has 0 aromatic carbocycles. The van der Waals surface area contributed by atoms with Crippen molar-refractivity contribution < 1.29 is 14.3 Å². The van der Waals surface area contributed by atoms with Crippen molar-refractivity contribution in [2.75, 3.05) is 4.93 Å². The molecule has 0 aliphatic carbocycles. The van der Waals surface area contributed by atoms with Crippen LogP contribution in [0.3, 0.4) is 0 Å². The summed E-state index contributed by atoms with van der Waals surface area (Å²) in [6.45, 7) is 16.2. The van der Waals surface area contributed by atoms with Crippen molar-refractivity contribution in [1.29, 1.82) is 0 Å². The highest BCUT2D eigenvalue weighted by atomic mass is 127. The highest BCUT2D eigenvalue weighted by Crippen LogP contribution is 1.85. The van der Waals surface area contributed by atoms with E-state index in [1.165, 1.54) is 0 Å². The third-order valence-electron chi connectivity index (χ3n) is 0. The SMILES string of the molecule is C=C.C=C(F)F.CC.CC.CI.O. The molecule has 0 aliphatic heterocycles. The molecule has 0 rings (SSSR count). The van der Waals surface area contributed by atoms with Crippen LogP contribution in [0.25, 0.3) is 0 Å². The molecule has 0 saturated carbocycles. The highest BCUT2D eigenvalue weighted by Gasteiger charge is 1.65. The van der Waals surface area contributed by atoms with Crippen molar-refractivity contribution in [1.82, 2.24) is 0 Å². The summed E-state index contributed by atoms with van der Waals surface area (Å²) in [6.07, 6.45) is -1.83. The summed E-state index contributed by atoms with van der Waals surface area (Å²) in [5.74, 6) is 0. The van der Waals surface area contributed by atoms with Crippen LogP contribution < -0.4 is 0 Å². The number of hydrogen-bond acceptors (Lipinski definition) is 0. The molecule has 0 aromatic heterocycles. The monoisotopic (exact) mass is 312 g/mol. The molecular weight excluding hydrogens is 289 g/mol. The van der Waals surface area contributed by atoms with E-state index >= 15 is 0 Å². The summed E-state index contributed by atoms with van der Waals surface area (Å²) in [5.41, 5.74) is 0. The lowest BCUT2D eigenvalue weighted by Crippen LogP contribution is -1.33. The topological polar surface area (TPSA) is 31.5 Å². The van der Waals surface area contributed by atoms with Crippen LogP contribution in [-0.4, -0.2) is 10.4 Å². The van der Waals surface area contributed by atoms with Crippen molar-refractivity contribution in [2.24, 2.45) is 0 Å². The van der Waals surface area contributed by atoms with Gasteiger partial charge in [0.1, 0.15) is 0 Å². The zero-order valence-corrected chi connectivity index (χ0v) is 11.4. The summed E-state index contributed by atoms with van der Waals surface area (Å²) in [6, 6.07) is 0. The Morgan fingerprint density at radius 1 is 0.923 bits per heavy atom. The van der Waals surface area contributed by atoms with E-state index in [-0.39, 0.29) is 5.48 Å². The molecule has 0 heterocycles. The van der Waals surface area contributed by atoms with Gasteiger partial charge < -0.3 is 5.48 Å². The molecule has 13 heavy (non-hydrogen) atoms. The lowest BCUT2D eigenvalue weighted by atomic mass is 11.0. The molecule has 0 unspecified atom stereocenters. The molecule has 0 saturated heterocycles. The Bertz CT molecular complexity index is 48.9. The molecule has 1 nitrogen and oxygen atoms in total. The molecule has 2 N–H and O–H groups in total. The third kappa shape index (κ3) is 1340000. The average Bonchev–Trinajstić information content (AvgIpc) is 2.16. The van der Waals surface area contributed by atoms with Gasteiger partial charge in [-0.05, 0) is 11.5 Å². The van der Waals surface area contributed by atoms with Gasteiger partial charge in [-0.25, -0.2) is 0 Å². The first-order chi connectivity index (χ1) is 5.73. The molecule has 0 spiro atoms. The maximum atomic E-state index is 10.1. The predicted octanol–water partition coefficient (Wildman–Crippen LogP) is 4.48. The Hall–Kier alpha value is 0.0300. The van der Waals surface area contributed by atoms with Crippen LogP contribution in [0.5, 0.6) is 0 Å². The second kappa shape index (κ2) is 159. The summed E-state index contributed by atoms with van der Waals surface area (Å²) < 4.78 is 20.3. The fourth-order valence-corrected chi connectivity index (χ4v) is 0. The number of hydrogen-bond donors (Lipinski definition) is 0. The normalized spacial score (nSPS) is 3.69. The van der Waals surface area contributed by atoms with Gasteiger partial charge in [-0.1, -0.05) is 50.3 Å². The number of rotatable bonds is 0. The molecule has 86 valence electrons. The Balaban J connectivity index is -0.0000000122. The maximum Gasteiger partial charge on any atom is 0.263 e. The fraction of sp³-hybridized carbons (Fsp3) is 0.556. The van der Waals surface area contributed by atoms with E-state index in [4.69, 9.17) is 0 Å². The minimum Gasteiger partial charge on any atom is -0.412 e. The quantitative estimate of drug-likeness (QED) is 0.359.